The van der Waals surface area contributed by atoms with Crippen LogP contribution in [0.1, 0.15) is 32.3 Å². The van der Waals surface area contributed by atoms with E-state index < -0.39 is 0 Å². The minimum Gasteiger partial charge on any atom is -0.384 e. The zero-order chi connectivity index (χ0) is 13.7. The van der Waals surface area contributed by atoms with Gasteiger partial charge in [0.25, 0.3) is 0 Å². The van der Waals surface area contributed by atoms with Gasteiger partial charge in [-0.2, -0.15) is 0 Å². The molecule has 3 nitrogen and oxygen atoms in total. The molecule has 1 aliphatic heterocycles. The Morgan fingerprint density at radius 1 is 1.26 bits per heavy atom. The van der Waals surface area contributed by atoms with Gasteiger partial charge in [0.15, 0.2) is 0 Å². The second-order valence-electron chi connectivity index (χ2n) is 6.34. The number of nitrogens with two attached hydrogens (primary N) is 1. The quantitative estimate of drug-likeness (QED) is 0.826. The molecule has 0 saturated carbocycles. The van der Waals surface area contributed by atoms with Gasteiger partial charge in [-0.25, -0.2) is 0 Å². The van der Waals surface area contributed by atoms with Crippen molar-refractivity contribution >= 4 is 5.69 Å². The molecule has 19 heavy (non-hydrogen) atoms. The number of nitrogens with one attached hydrogen (secondary N) is 1. The van der Waals surface area contributed by atoms with Gasteiger partial charge in [0.05, 0.1) is 0 Å². The third kappa shape index (κ3) is 5.21. The van der Waals surface area contributed by atoms with Crippen molar-refractivity contribution in [3.8, 4) is 0 Å². The van der Waals surface area contributed by atoms with Crippen LogP contribution >= 0.6 is 0 Å². The molecule has 0 aliphatic carbocycles. The van der Waals surface area contributed by atoms with E-state index in [-0.39, 0.29) is 5.54 Å². The topological polar surface area (TPSA) is 41.3 Å². The lowest BCUT2D eigenvalue weighted by atomic mass is 9.96. The molecule has 2 rings (SSSR count). The Kier molecular flexibility index (Phi) is 4.83. The lowest BCUT2D eigenvalue weighted by Crippen LogP contribution is -2.34. The first-order valence-corrected chi connectivity index (χ1v) is 7.37. The fourth-order valence-electron chi connectivity index (χ4n) is 2.68. The second kappa shape index (κ2) is 6.40. The molecule has 0 spiro atoms. The predicted molar refractivity (Wildman–Crippen MR) is 82.6 cm³/mol. The van der Waals surface area contributed by atoms with E-state index in [1.165, 1.54) is 37.2 Å². The van der Waals surface area contributed by atoms with Gasteiger partial charge in [0.1, 0.15) is 0 Å². The van der Waals surface area contributed by atoms with Crippen LogP contribution in [0.15, 0.2) is 24.3 Å². The fourth-order valence-corrected chi connectivity index (χ4v) is 2.68. The van der Waals surface area contributed by atoms with Crippen LogP contribution < -0.4 is 11.1 Å². The Morgan fingerprint density at radius 3 is 2.68 bits per heavy atom. The first-order valence-electron chi connectivity index (χ1n) is 7.37. The molecule has 1 aromatic rings. The number of rotatable bonds is 6. The second-order valence-corrected chi connectivity index (χ2v) is 6.34. The fraction of sp³-hybridized carbons (Fsp3) is 0.625. The van der Waals surface area contributed by atoms with E-state index in [1.54, 1.807) is 0 Å². The van der Waals surface area contributed by atoms with Crippen molar-refractivity contribution in [1.29, 1.82) is 0 Å². The van der Waals surface area contributed by atoms with E-state index in [9.17, 15) is 0 Å². The van der Waals surface area contributed by atoms with E-state index in [2.05, 4.69) is 48.3 Å². The molecule has 0 bridgehead atoms. The summed E-state index contributed by atoms with van der Waals surface area (Å²) in [6.45, 7) is 8.84. The van der Waals surface area contributed by atoms with Gasteiger partial charge in [-0.15, -0.1) is 0 Å². The van der Waals surface area contributed by atoms with Crippen molar-refractivity contribution in [2.75, 3.05) is 31.5 Å². The van der Waals surface area contributed by atoms with Gasteiger partial charge in [0, 0.05) is 24.3 Å². The first-order chi connectivity index (χ1) is 9.03. The van der Waals surface area contributed by atoms with E-state index in [0.29, 0.717) is 0 Å². The van der Waals surface area contributed by atoms with Crippen molar-refractivity contribution in [3.63, 3.8) is 0 Å². The maximum absolute atomic E-state index is 6.07. The molecule has 0 atom stereocenters. The number of hydrogen-bond donors (Lipinski definition) is 2. The highest BCUT2D eigenvalue weighted by Crippen LogP contribution is 2.15. The molecule has 0 unspecified atom stereocenters. The van der Waals surface area contributed by atoms with Crippen LogP contribution in [0.2, 0.25) is 0 Å². The van der Waals surface area contributed by atoms with Crippen molar-refractivity contribution in [2.24, 2.45) is 5.73 Å². The Hall–Kier alpha value is -1.06. The van der Waals surface area contributed by atoms with Gasteiger partial charge >= 0.3 is 0 Å². The molecule has 0 radical (unpaired) electrons. The summed E-state index contributed by atoms with van der Waals surface area (Å²) in [5.41, 5.74) is 8.44. The van der Waals surface area contributed by atoms with Crippen molar-refractivity contribution < 1.29 is 0 Å². The molecule has 1 saturated heterocycles. The van der Waals surface area contributed by atoms with Gasteiger partial charge in [-0.3, -0.25) is 0 Å². The smallest absolute Gasteiger partial charge is 0.0343 e. The van der Waals surface area contributed by atoms with Crippen LogP contribution in [-0.2, 0) is 6.42 Å². The molecule has 1 aliphatic rings. The first kappa shape index (κ1) is 14.4. The van der Waals surface area contributed by atoms with Gasteiger partial charge < -0.3 is 16.0 Å². The van der Waals surface area contributed by atoms with Crippen LogP contribution in [0.4, 0.5) is 5.69 Å². The third-order valence-electron chi connectivity index (χ3n) is 3.54. The highest BCUT2D eigenvalue weighted by molar-refractivity contribution is 5.46. The van der Waals surface area contributed by atoms with Crippen molar-refractivity contribution in [2.45, 2.75) is 38.6 Å². The molecule has 1 fully saturated rings. The molecule has 0 aromatic heterocycles. The molecular weight excluding hydrogens is 234 g/mol. The minimum absolute atomic E-state index is 0.145. The van der Waals surface area contributed by atoms with Gasteiger partial charge in [-0.1, -0.05) is 12.1 Å². The third-order valence-corrected chi connectivity index (χ3v) is 3.54. The average Bonchev–Trinajstić information content (AvgIpc) is 2.80. The van der Waals surface area contributed by atoms with Gasteiger partial charge in [0.2, 0.25) is 0 Å². The van der Waals surface area contributed by atoms with E-state index >= 15 is 0 Å². The van der Waals surface area contributed by atoms with Crippen molar-refractivity contribution in [1.82, 2.24) is 4.90 Å². The average molecular weight is 261 g/mol. The maximum Gasteiger partial charge on any atom is 0.0343 e. The Balaban J connectivity index is 1.81. The summed E-state index contributed by atoms with van der Waals surface area (Å²) in [5, 5.41) is 3.52. The number of hydrogen-bond acceptors (Lipinski definition) is 3. The zero-order valence-corrected chi connectivity index (χ0v) is 12.3. The highest BCUT2D eigenvalue weighted by Gasteiger charge is 2.12. The molecule has 0 amide bonds. The normalized spacial score (nSPS) is 16.8. The lowest BCUT2D eigenvalue weighted by molar-refractivity contribution is 0.352. The largest absolute Gasteiger partial charge is 0.384 e. The Labute approximate surface area is 117 Å². The monoisotopic (exact) mass is 261 g/mol. The molecule has 1 heterocycles. The van der Waals surface area contributed by atoms with Crippen molar-refractivity contribution in [3.05, 3.63) is 29.8 Å². The maximum atomic E-state index is 6.07. The molecule has 3 heteroatoms. The van der Waals surface area contributed by atoms with Crippen LogP contribution in [-0.4, -0.2) is 36.6 Å². The summed E-state index contributed by atoms with van der Waals surface area (Å²) in [6, 6.07) is 8.62. The molecular formula is C16H27N3. The predicted octanol–water partition coefficient (Wildman–Crippen LogP) is 2.47. The summed E-state index contributed by atoms with van der Waals surface area (Å²) in [5.74, 6) is 0. The number of anilines is 1. The summed E-state index contributed by atoms with van der Waals surface area (Å²) in [7, 11) is 0. The molecule has 3 N–H and O–H groups in total. The standard InChI is InChI=1S/C16H27N3/c1-16(2,17)13-14-6-5-7-15(12-14)18-8-11-19-9-3-4-10-19/h5-7,12,18H,3-4,8-11,13,17H2,1-2H3. The minimum atomic E-state index is -0.145. The zero-order valence-electron chi connectivity index (χ0n) is 12.3. The lowest BCUT2D eigenvalue weighted by Gasteiger charge is -2.19. The van der Waals surface area contributed by atoms with E-state index in [4.69, 9.17) is 5.73 Å². The van der Waals surface area contributed by atoms with Crippen LogP contribution in [0.25, 0.3) is 0 Å². The van der Waals surface area contributed by atoms with Gasteiger partial charge in [-0.05, 0) is 63.9 Å². The Morgan fingerprint density at radius 2 is 2.00 bits per heavy atom. The summed E-state index contributed by atoms with van der Waals surface area (Å²) in [4.78, 5) is 2.53. The molecule has 1 aromatic carbocycles. The highest BCUT2D eigenvalue weighted by atomic mass is 15.1. The van der Waals surface area contributed by atoms with E-state index in [0.717, 1.165) is 19.5 Å². The summed E-state index contributed by atoms with van der Waals surface area (Å²) >= 11 is 0. The summed E-state index contributed by atoms with van der Waals surface area (Å²) in [6.07, 6.45) is 3.64. The molecule has 106 valence electrons. The summed E-state index contributed by atoms with van der Waals surface area (Å²) < 4.78 is 0. The SMILES string of the molecule is CC(C)(N)Cc1cccc(NCCN2CCCC2)c1. The van der Waals surface area contributed by atoms with Crippen LogP contribution in [0.3, 0.4) is 0 Å². The Bertz CT molecular complexity index is 389. The number of likely N-dealkylation sites (tertiary alicyclic amines) is 1. The van der Waals surface area contributed by atoms with Crippen LogP contribution in [0, 0.1) is 0 Å². The number of nitrogens with zero attached hydrogens (tertiary/aromatic N) is 1. The number of benzene rings is 1. The van der Waals surface area contributed by atoms with E-state index in [1.807, 2.05) is 0 Å². The van der Waals surface area contributed by atoms with Crippen LogP contribution in [0.5, 0.6) is 0 Å².